The van der Waals surface area contributed by atoms with E-state index in [1.165, 1.54) is 38.5 Å². The standard InChI is InChI=1S/C26H39NO4/c28-23(25-11-17-5-18(12-25)7-19(6-17)13-25)30-3-1-27-2-4-31-24(29)26-14-20-8-21(15-26)10-22(9-20)16-26/h17-22,27H,1-16H2. The molecule has 0 atom stereocenters. The summed E-state index contributed by atoms with van der Waals surface area (Å²) in [6.45, 7) is 2.10. The van der Waals surface area contributed by atoms with E-state index in [0.29, 0.717) is 26.3 Å². The van der Waals surface area contributed by atoms with E-state index in [2.05, 4.69) is 5.32 Å². The molecular formula is C26H39NO4. The topological polar surface area (TPSA) is 64.6 Å². The zero-order valence-electron chi connectivity index (χ0n) is 18.9. The van der Waals surface area contributed by atoms with Crippen molar-refractivity contribution in [2.45, 2.75) is 77.0 Å². The minimum atomic E-state index is -0.165. The molecule has 0 aromatic carbocycles. The highest BCUT2D eigenvalue weighted by Crippen LogP contribution is 2.61. The predicted molar refractivity (Wildman–Crippen MR) is 116 cm³/mol. The van der Waals surface area contributed by atoms with Crippen molar-refractivity contribution in [2.75, 3.05) is 26.3 Å². The van der Waals surface area contributed by atoms with Gasteiger partial charge in [0.25, 0.3) is 0 Å². The molecule has 0 aliphatic heterocycles. The molecule has 0 amide bonds. The maximum Gasteiger partial charge on any atom is 0.312 e. The first-order chi connectivity index (χ1) is 15.0. The molecule has 0 saturated heterocycles. The van der Waals surface area contributed by atoms with Crippen molar-refractivity contribution in [2.24, 2.45) is 46.3 Å². The van der Waals surface area contributed by atoms with Crippen LogP contribution in [0.25, 0.3) is 0 Å². The van der Waals surface area contributed by atoms with E-state index in [1.807, 2.05) is 0 Å². The van der Waals surface area contributed by atoms with Gasteiger partial charge in [-0.05, 0) is 113 Å². The van der Waals surface area contributed by atoms with Gasteiger partial charge in [-0.15, -0.1) is 0 Å². The Morgan fingerprint density at radius 1 is 0.581 bits per heavy atom. The van der Waals surface area contributed by atoms with Crippen LogP contribution in [0.1, 0.15) is 77.0 Å². The molecule has 0 spiro atoms. The lowest BCUT2D eigenvalue weighted by Gasteiger charge is -2.55. The third-order valence-corrected chi connectivity index (χ3v) is 9.97. The monoisotopic (exact) mass is 429 g/mol. The van der Waals surface area contributed by atoms with Gasteiger partial charge in [-0.25, -0.2) is 0 Å². The molecule has 5 heteroatoms. The molecule has 8 aliphatic carbocycles. The summed E-state index contributed by atoms with van der Waals surface area (Å²) in [4.78, 5) is 25.7. The number of hydrogen-bond acceptors (Lipinski definition) is 5. The highest BCUT2D eigenvalue weighted by atomic mass is 16.5. The highest BCUT2D eigenvalue weighted by Gasteiger charge is 2.56. The van der Waals surface area contributed by atoms with Gasteiger partial charge in [-0.1, -0.05) is 0 Å². The van der Waals surface area contributed by atoms with E-state index >= 15 is 0 Å². The molecule has 8 rings (SSSR count). The van der Waals surface area contributed by atoms with Gasteiger partial charge in [0.1, 0.15) is 13.2 Å². The van der Waals surface area contributed by atoms with Crippen LogP contribution in [0.2, 0.25) is 0 Å². The van der Waals surface area contributed by atoms with E-state index in [0.717, 1.165) is 74.0 Å². The molecule has 5 nitrogen and oxygen atoms in total. The molecule has 0 unspecified atom stereocenters. The van der Waals surface area contributed by atoms with Crippen LogP contribution in [0.4, 0.5) is 0 Å². The van der Waals surface area contributed by atoms with Crippen LogP contribution in [-0.2, 0) is 19.1 Å². The van der Waals surface area contributed by atoms with E-state index in [9.17, 15) is 9.59 Å². The Balaban J connectivity index is 0.892. The Labute approximate surface area is 186 Å². The summed E-state index contributed by atoms with van der Waals surface area (Å²) in [7, 11) is 0. The number of ether oxygens (including phenoxy) is 2. The Morgan fingerprint density at radius 3 is 1.16 bits per heavy atom. The highest BCUT2D eigenvalue weighted by molar-refractivity contribution is 5.78. The van der Waals surface area contributed by atoms with Crippen molar-refractivity contribution in [1.82, 2.24) is 5.32 Å². The molecule has 8 aliphatic rings. The van der Waals surface area contributed by atoms with Crippen LogP contribution >= 0.6 is 0 Å². The van der Waals surface area contributed by atoms with Crippen molar-refractivity contribution in [1.29, 1.82) is 0 Å². The van der Waals surface area contributed by atoms with Crippen LogP contribution < -0.4 is 5.32 Å². The number of hydrogen-bond donors (Lipinski definition) is 1. The zero-order chi connectivity index (χ0) is 21.1. The summed E-state index contributed by atoms with van der Waals surface area (Å²) in [6.07, 6.45) is 14.4. The van der Waals surface area contributed by atoms with E-state index in [1.54, 1.807) is 0 Å². The Kier molecular flexibility index (Phi) is 5.12. The molecule has 172 valence electrons. The Bertz CT molecular complexity index is 600. The van der Waals surface area contributed by atoms with Gasteiger partial charge < -0.3 is 14.8 Å². The van der Waals surface area contributed by atoms with Crippen molar-refractivity contribution in [3.63, 3.8) is 0 Å². The quantitative estimate of drug-likeness (QED) is 0.465. The lowest BCUT2D eigenvalue weighted by Crippen LogP contribution is -2.51. The fraction of sp³-hybridized carbons (Fsp3) is 0.923. The summed E-state index contributed by atoms with van der Waals surface area (Å²) in [5.41, 5.74) is -0.329. The lowest BCUT2D eigenvalue weighted by molar-refractivity contribution is -0.171. The maximum absolute atomic E-state index is 12.9. The number of carbonyl (C=O) groups excluding carboxylic acids is 2. The van der Waals surface area contributed by atoms with Crippen LogP contribution in [0, 0.1) is 46.3 Å². The molecule has 8 bridgehead atoms. The molecule has 0 aromatic rings. The summed E-state index contributed by atoms with van der Waals surface area (Å²) < 4.78 is 11.4. The molecule has 8 fully saturated rings. The normalized spacial score (nSPS) is 46.3. The first kappa shape index (κ1) is 20.5. The van der Waals surface area contributed by atoms with Gasteiger partial charge in [0.2, 0.25) is 0 Å². The second-order valence-electron chi connectivity index (χ2n) is 12.4. The first-order valence-corrected chi connectivity index (χ1v) is 13.1. The number of carbonyl (C=O) groups is 2. The van der Waals surface area contributed by atoms with Gasteiger partial charge >= 0.3 is 11.9 Å². The van der Waals surface area contributed by atoms with Crippen LogP contribution in [0.5, 0.6) is 0 Å². The van der Waals surface area contributed by atoms with Crippen molar-refractivity contribution in [3.8, 4) is 0 Å². The third-order valence-electron chi connectivity index (χ3n) is 9.97. The summed E-state index contributed by atoms with van der Waals surface area (Å²) in [5, 5.41) is 3.29. The van der Waals surface area contributed by atoms with E-state index in [-0.39, 0.29) is 22.8 Å². The second-order valence-corrected chi connectivity index (χ2v) is 12.4. The minimum absolute atomic E-state index is 0.0571. The van der Waals surface area contributed by atoms with Crippen molar-refractivity contribution in [3.05, 3.63) is 0 Å². The number of esters is 2. The lowest BCUT2D eigenvalue weighted by atomic mass is 9.49. The van der Waals surface area contributed by atoms with E-state index < -0.39 is 0 Å². The first-order valence-electron chi connectivity index (χ1n) is 13.1. The van der Waals surface area contributed by atoms with Gasteiger partial charge in [-0.2, -0.15) is 0 Å². The Hall–Kier alpha value is -1.10. The second kappa shape index (κ2) is 7.74. The fourth-order valence-electron chi connectivity index (χ4n) is 9.58. The summed E-state index contributed by atoms with van der Waals surface area (Å²) in [6, 6.07) is 0. The zero-order valence-corrected chi connectivity index (χ0v) is 18.9. The van der Waals surface area contributed by atoms with E-state index in [4.69, 9.17) is 9.47 Å². The van der Waals surface area contributed by atoms with Crippen molar-refractivity contribution < 1.29 is 19.1 Å². The average Bonchev–Trinajstić information content (AvgIpc) is 2.70. The number of nitrogens with one attached hydrogen (secondary N) is 1. The Morgan fingerprint density at radius 2 is 0.871 bits per heavy atom. The largest absolute Gasteiger partial charge is 0.464 e. The molecule has 0 radical (unpaired) electrons. The molecule has 31 heavy (non-hydrogen) atoms. The smallest absolute Gasteiger partial charge is 0.312 e. The SMILES string of the molecule is O=C(OCCNCCOC(=O)C12CC3CC(CC(C3)C1)C2)C12CC3CC(CC(C3)C1)C2. The molecule has 1 N–H and O–H groups in total. The van der Waals surface area contributed by atoms with Crippen LogP contribution in [0.3, 0.4) is 0 Å². The minimum Gasteiger partial charge on any atom is -0.464 e. The molecule has 8 saturated carbocycles. The van der Waals surface area contributed by atoms with Gasteiger partial charge in [0, 0.05) is 13.1 Å². The summed E-state index contributed by atoms with van der Waals surface area (Å²) in [5.74, 6) is 4.70. The van der Waals surface area contributed by atoms with Crippen LogP contribution in [0.15, 0.2) is 0 Å². The van der Waals surface area contributed by atoms with Crippen molar-refractivity contribution >= 4 is 11.9 Å². The van der Waals surface area contributed by atoms with Gasteiger partial charge in [-0.3, -0.25) is 9.59 Å². The molecular weight excluding hydrogens is 390 g/mol. The van der Waals surface area contributed by atoms with Crippen LogP contribution in [-0.4, -0.2) is 38.2 Å². The molecule has 0 aromatic heterocycles. The fourth-order valence-corrected chi connectivity index (χ4v) is 9.58. The number of rotatable bonds is 8. The predicted octanol–water partition coefficient (Wildman–Crippen LogP) is 4.10. The third kappa shape index (κ3) is 3.73. The van der Waals surface area contributed by atoms with Gasteiger partial charge in [0.15, 0.2) is 0 Å². The van der Waals surface area contributed by atoms with Gasteiger partial charge in [0.05, 0.1) is 10.8 Å². The summed E-state index contributed by atoms with van der Waals surface area (Å²) >= 11 is 0. The molecule has 0 heterocycles. The average molecular weight is 430 g/mol. The maximum atomic E-state index is 12.9.